The summed E-state index contributed by atoms with van der Waals surface area (Å²) in [6.45, 7) is 7.96. The van der Waals surface area contributed by atoms with E-state index in [1.807, 2.05) is 6.07 Å². The number of fused-ring (bicyclic) bond motifs is 1. The fraction of sp³-hybridized carbons (Fsp3) is 0.571. The van der Waals surface area contributed by atoms with Gasteiger partial charge in [-0.05, 0) is 31.8 Å². The molecule has 87 valence electrons. The highest BCUT2D eigenvalue weighted by Crippen LogP contribution is 2.39. The minimum atomic E-state index is 0.275. The first-order valence-electron chi connectivity index (χ1n) is 5.91. The smallest absolute Gasteiger partial charge is 0.0411 e. The molecule has 1 aliphatic rings. The normalized spacial score (nSPS) is 17.9. The zero-order chi connectivity index (χ0) is 11.8. The van der Waals surface area contributed by atoms with E-state index in [1.54, 1.807) is 0 Å². The minimum absolute atomic E-state index is 0.275. The van der Waals surface area contributed by atoms with Crippen molar-refractivity contribution in [2.24, 2.45) is 0 Å². The standard InChI is InChI=1S/C14H21N2/c1-14(2)11-16(10-9-15(3)4)13-8-6-5-7-12(13)14/h5,7-8H,9-11H2,1-4H3. The molecule has 0 bridgehead atoms. The van der Waals surface area contributed by atoms with Crippen LogP contribution in [0.2, 0.25) is 0 Å². The molecule has 1 heterocycles. The van der Waals surface area contributed by atoms with Crippen molar-refractivity contribution in [2.75, 3.05) is 38.6 Å². The van der Waals surface area contributed by atoms with E-state index >= 15 is 0 Å². The zero-order valence-corrected chi connectivity index (χ0v) is 10.7. The van der Waals surface area contributed by atoms with Gasteiger partial charge in [0.2, 0.25) is 0 Å². The van der Waals surface area contributed by atoms with Gasteiger partial charge < -0.3 is 9.80 Å². The molecule has 0 amide bonds. The maximum absolute atomic E-state index is 3.19. The summed E-state index contributed by atoms with van der Waals surface area (Å²) in [5.41, 5.74) is 3.11. The van der Waals surface area contributed by atoms with Crippen LogP contribution in [0.1, 0.15) is 19.4 Å². The first-order chi connectivity index (χ1) is 7.50. The Bertz CT molecular complexity index is 369. The van der Waals surface area contributed by atoms with Crippen molar-refractivity contribution < 1.29 is 0 Å². The molecule has 0 fully saturated rings. The van der Waals surface area contributed by atoms with E-state index in [-0.39, 0.29) is 5.41 Å². The number of likely N-dealkylation sites (N-methyl/N-ethyl adjacent to an activating group) is 1. The average Bonchev–Trinajstić information content (AvgIpc) is 2.49. The van der Waals surface area contributed by atoms with Crippen LogP contribution in [0.5, 0.6) is 0 Å². The molecule has 2 nitrogen and oxygen atoms in total. The highest BCUT2D eigenvalue weighted by Gasteiger charge is 2.34. The second kappa shape index (κ2) is 4.10. The van der Waals surface area contributed by atoms with Crippen LogP contribution in [-0.2, 0) is 5.41 Å². The van der Waals surface area contributed by atoms with Gasteiger partial charge in [0.15, 0.2) is 0 Å². The summed E-state index contributed by atoms with van der Waals surface area (Å²) in [6, 6.07) is 9.55. The Morgan fingerprint density at radius 2 is 2.19 bits per heavy atom. The molecule has 1 aliphatic heterocycles. The predicted octanol–water partition coefficient (Wildman–Crippen LogP) is 2.15. The van der Waals surface area contributed by atoms with E-state index in [4.69, 9.17) is 0 Å². The molecule has 0 saturated carbocycles. The first-order valence-corrected chi connectivity index (χ1v) is 5.91. The molecule has 1 aromatic rings. The fourth-order valence-corrected chi connectivity index (χ4v) is 2.42. The molecule has 16 heavy (non-hydrogen) atoms. The number of hydrogen-bond acceptors (Lipinski definition) is 2. The molecule has 0 aromatic heterocycles. The van der Waals surface area contributed by atoms with Crippen molar-refractivity contribution in [3.8, 4) is 0 Å². The largest absolute Gasteiger partial charge is 0.369 e. The van der Waals surface area contributed by atoms with E-state index in [9.17, 15) is 0 Å². The molecule has 1 radical (unpaired) electrons. The highest BCUT2D eigenvalue weighted by atomic mass is 15.2. The summed E-state index contributed by atoms with van der Waals surface area (Å²) in [5.74, 6) is 0. The second-order valence-electron chi connectivity index (χ2n) is 5.55. The van der Waals surface area contributed by atoms with E-state index < -0.39 is 0 Å². The van der Waals surface area contributed by atoms with Crippen molar-refractivity contribution in [1.82, 2.24) is 4.90 Å². The number of anilines is 1. The topological polar surface area (TPSA) is 6.48 Å². The Labute approximate surface area is 98.9 Å². The van der Waals surface area contributed by atoms with Crippen LogP contribution in [0.15, 0.2) is 18.2 Å². The predicted molar refractivity (Wildman–Crippen MR) is 69.1 cm³/mol. The van der Waals surface area contributed by atoms with Crippen molar-refractivity contribution >= 4 is 5.69 Å². The summed E-state index contributed by atoms with van der Waals surface area (Å²) in [4.78, 5) is 4.71. The lowest BCUT2D eigenvalue weighted by molar-refractivity contribution is 0.409. The quantitative estimate of drug-likeness (QED) is 0.765. The zero-order valence-electron chi connectivity index (χ0n) is 10.7. The van der Waals surface area contributed by atoms with Gasteiger partial charge in [-0.25, -0.2) is 0 Å². The van der Waals surface area contributed by atoms with Crippen LogP contribution >= 0.6 is 0 Å². The lowest BCUT2D eigenvalue weighted by Crippen LogP contribution is -2.34. The third kappa shape index (κ3) is 2.07. The van der Waals surface area contributed by atoms with Crippen molar-refractivity contribution in [1.29, 1.82) is 0 Å². The molecule has 0 saturated heterocycles. The Morgan fingerprint density at radius 3 is 2.88 bits per heavy atom. The van der Waals surface area contributed by atoms with Gasteiger partial charge in [-0.2, -0.15) is 0 Å². The summed E-state index contributed by atoms with van der Waals surface area (Å²) in [5, 5.41) is 0. The number of rotatable bonds is 3. The lowest BCUT2D eigenvalue weighted by atomic mass is 9.87. The van der Waals surface area contributed by atoms with Gasteiger partial charge in [-0.15, -0.1) is 0 Å². The van der Waals surface area contributed by atoms with Crippen LogP contribution in [0, 0.1) is 6.07 Å². The van der Waals surface area contributed by atoms with Crippen LogP contribution < -0.4 is 4.90 Å². The second-order valence-corrected chi connectivity index (χ2v) is 5.55. The van der Waals surface area contributed by atoms with Gasteiger partial charge in [-0.3, -0.25) is 0 Å². The Kier molecular flexibility index (Phi) is 2.94. The number of nitrogens with zero attached hydrogens (tertiary/aromatic N) is 2. The van der Waals surface area contributed by atoms with Crippen LogP contribution in [0.25, 0.3) is 0 Å². The first kappa shape index (κ1) is 11.5. The van der Waals surface area contributed by atoms with Crippen molar-refractivity contribution in [3.05, 3.63) is 29.8 Å². The van der Waals surface area contributed by atoms with Gasteiger partial charge >= 0.3 is 0 Å². The van der Waals surface area contributed by atoms with Crippen molar-refractivity contribution in [2.45, 2.75) is 19.3 Å². The molecule has 1 aromatic carbocycles. The van der Waals surface area contributed by atoms with E-state index in [0.717, 1.165) is 19.6 Å². The summed E-state index contributed by atoms with van der Waals surface area (Å²) in [7, 11) is 4.25. The lowest BCUT2D eigenvalue weighted by Gasteiger charge is -2.23. The summed E-state index contributed by atoms with van der Waals surface area (Å²) in [6.07, 6.45) is 0. The highest BCUT2D eigenvalue weighted by molar-refractivity contribution is 5.61. The Balaban J connectivity index is 2.20. The molecule has 2 rings (SSSR count). The number of hydrogen-bond donors (Lipinski definition) is 0. The SMILES string of the molecule is CN(C)CCN1CC(C)(C)c2cc[c]cc21. The van der Waals surface area contributed by atoms with Gasteiger partial charge in [0.05, 0.1) is 0 Å². The van der Waals surface area contributed by atoms with E-state index in [2.05, 4.69) is 55.9 Å². The van der Waals surface area contributed by atoms with Crippen LogP contribution in [0.3, 0.4) is 0 Å². The number of benzene rings is 1. The summed E-state index contributed by atoms with van der Waals surface area (Å²) >= 11 is 0. The van der Waals surface area contributed by atoms with Gasteiger partial charge in [0, 0.05) is 30.7 Å². The molecular weight excluding hydrogens is 196 g/mol. The van der Waals surface area contributed by atoms with Gasteiger partial charge in [-0.1, -0.05) is 26.0 Å². The van der Waals surface area contributed by atoms with Gasteiger partial charge in [0.25, 0.3) is 0 Å². The average molecular weight is 217 g/mol. The Hall–Kier alpha value is -1.02. The summed E-state index contributed by atoms with van der Waals surface area (Å²) < 4.78 is 0. The third-order valence-corrected chi connectivity index (χ3v) is 3.32. The Morgan fingerprint density at radius 1 is 1.44 bits per heavy atom. The van der Waals surface area contributed by atoms with Gasteiger partial charge in [0.1, 0.15) is 0 Å². The third-order valence-electron chi connectivity index (χ3n) is 3.32. The molecule has 0 atom stereocenters. The molecule has 0 spiro atoms. The fourth-order valence-electron chi connectivity index (χ4n) is 2.42. The molecular formula is C14H21N2. The molecule has 0 N–H and O–H groups in total. The maximum atomic E-state index is 3.19. The minimum Gasteiger partial charge on any atom is -0.369 e. The molecule has 2 heteroatoms. The van der Waals surface area contributed by atoms with Crippen LogP contribution in [-0.4, -0.2) is 38.6 Å². The maximum Gasteiger partial charge on any atom is 0.0411 e. The van der Waals surface area contributed by atoms with E-state index in [0.29, 0.717) is 0 Å². The van der Waals surface area contributed by atoms with E-state index in [1.165, 1.54) is 11.3 Å². The molecule has 0 aliphatic carbocycles. The molecule has 0 unspecified atom stereocenters. The monoisotopic (exact) mass is 217 g/mol. The van der Waals surface area contributed by atoms with Crippen molar-refractivity contribution in [3.63, 3.8) is 0 Å². The van der Waals surface area contributed by atoms with Crippen LogP contribution in [0.4, 0.5) is 5.69 Å².